The van der Waals surface area contributed by atoms with Gasteiger partial charge in [-0.25, -0.2) is 8.42 Å². The maximum absolute atomic E-state index is 11.4. The first kappa shape index (κ1) is 56.9. The third kappa shape index (κ3) is 36.9. The van der Waals surface area contributed by atoms with Gasteiger partial charge in [-0.2, -0.15) is 0 Å². The normalized spacial score (nSPS) is 13.5. The molecule has 0 bridgehead atoms. The van der Waals surface area contributed by atoms with E-state index in [1.807, 2.05) is 90.1 Å². The van der Waals surface area contributed by atoms with Crippen molar-refractivity contribution in [3.8, 4) is 0 Å². The summed E-state index contributed by atoms with van der Waals surface area (Å²) in [5, 5.41) is 0. The van der Waals surface area contributed by atoms with Crippen LogP contribution in [0, 0.1) is 17.8 Å². The van der Waals surface area contributed by atoms with Crippen molar-refractivity contribution in [2.75, 3.05) is 12.0 Å². The summed E-state index contributed by atoms with van der Waals surface area (Å²) in [5.41, 5.74) is 2.17. The van der Waals surface area contributed by atoms with Crippen LogP contribution in [0.25, 0.3) is 0 Å². The number of rotatable bonds is 17. The Bertz CT molecular complexity index is 1310. The lowest BCUT2D eigenvalue weighted by molar-refractivity contribution is -0.132. The van der Waals surface area contributed by atoms with Crippen LogP contribution >= 0.6 is 0 Å². The fourth-order valence-electron chi connectivity index (χ4n) is 4.79. The van der Waals surface area contributed by atoms with Gasteiger partial charge in [0.2, 0.25) is 0 Å². The van der Waals surface area contributed by atoms with Gasteiger partial charge in [0, 0.05) is 6.26 Å². The van der Waals surface area contributed by atoms with Crippen molar-refractivity contribution in [3.63, 3.8) is 0 Å². The molecular weight excluding hydrogens is 713 g/mol. The lowest BCUT2D eigenvalue weighted by Gasteiger charge is -2.19. The predicted octanol–water partition coefficient (Wildman–Crippen LogP) is 11.5. The molecule has 0 unspecified atom stereocenters. The first-order valence-corrected chi connectivity index (χ1v) is 22.2. The van der Waals surface area contributed by atoms with Crippen LogP contribution in [0.15, 0.2) is 60.7 Å². The quantitative estimate of drug-likeness (QED) is 0.156. The number of benzene rings is 2. The Hall–Kier alpha value is -2.43. The van der Waals surface area contributed by atoms with Gasteiger partial charge < -0.3 is 18.9 Å². The molecule has 0 heterocycles. The van der Waals surface area contributed by atoms with Crippen LogP contribution < -0.4 is 0 Å². The molecule has 0 fully saturated rings. The molecule has 0 amide bonds. The van der Waals surface area contributed by atoms with Gasteiger partial charge in [0.15, 0.2) is 11.6 Å². The Morgan fingerprint density at radius 3 is 1.18 bits per heavy atom. The second kappa shape index (κ2) is 31.6. The largest absolute Gasteiger partial charge is 0.376 e. The number of Topliss-reactive ketones (excluding diaryl/α,β-unsaturated/α-hetero) is 2. The summed E-state index contributed by atoms with van der Waals surface area (Å²) in [6.07, 6.45) is 2.90. The number of carbonyl (C=O) groups excluding carboxylic acids is 2. The van der Waals surface area contributed by atoms with Crippen LogP contribution in [-0.4, -0.2) is 68.6 Å². The Labute approximate surface area is 338 Å². The molecule has 2 aromatic carbocycles. The standard InChI is InChI=1S/C12H16O2.C11H16O.C10H20O2.C8H18O.C5H12O2S/c1-9(2)14-12(10(3)13)11-7-5-4-6-8-11;1-9(2)12-10(3)11-7-5-4-6-8-11;1-7(2)6-10(9(5)11)12-8(3)4;1-6(2)8(5)9-7(3)4;1-5(2)4-8(3,6)7/h4-9,12H,1-3H3;4-10H,1-3H3;7-8,10H,6H2,1-5H3;6-8H,1-5H3;5H,4H2,1-3H3/t12-;2*10-;8-;/m1000./s1. The molecule has 0 aliphatic carbocycles. The smallest absolute Gasteiger partial charge is 0.163 e. The average molecular weight is 795 g/mol. The lowest BCUT2D eigenvalue weighted by Crippen LogP contribution is -2.26. The highest BCUT2D eigenvalue weighted by molar-refractivity contribution is 7.90. The topological polar surface area (TPSA) is 105 Å². The second-order valence-electron chi connectivity index (χ2n) is 16.4. The molecule has 0 aromatic heterocycles. The van der Waals surface area contributed by atoms with E-state index in [0.717, 1.165) is 12.0 Å². The summed E-state index contributed by atoms with van der Waals surface area (Å²) < 4.78 is 43.1. The van der Waals surface area contributed by atoms with E-state index in [1.54, 1.807) is 13.8 Å². The maximum Gasteiger partial charge on any atom is 0.163 e. The molecule has 9 heteroatoms. The van der Waals surface area contributed by atoms with Gasteiger partial charge in [-0.3, -0.25) is 9.59 Å². The molecule has 0 aliphatic rings. The Kier molecular flexibility index (Phi) is 32.7. The lowest BCUT2D eigenvalue weighted by atomic mass is 10.0. The molecule has 0 saturated heterocycles. The molecule has 2 rings (SSSR count). The summed E-state index contributed by atoms with van der Waals surface area (Å²) in [5.74, 6) is 1.88. The van der Waals surface area contributed by atoms with Crippen LogP contribution in [0.4, 0.5) is 0 Å². The van der Waals surface area contributed by atoms with E-state index in [2.05, 4.69) is 81.4 Å². The molecule has 0 N–H and O–H groups in total. The fourth-order valence-corrected chi connectivity index (χ4v) is 6.00. The minimum Gasteiger partial charge on any atom is -0.376 e. The van der Waals surface area contributed by atoms with E-state index in [1.165, 1.54) is 11.8 Å². The van der Waals surface area contributed by atoms with Crippen molar-refractivity contribution in [1.29, 1.82) is 0 Å². The zero-order valence-corrected chi connectivity index (χ0v) is 39.0. The molecule has 8 nitrogen and oxygen atoms in total. The van der Waals surface area contributed by atoms with Crippen molar-refractivity contribution in [3.05, 3.63) is 71.8 Å². The molecular formula is C46H82O8S. The highest BCUT2D eigenvalue weighted by Gasteiger charge is 2.18. The summed E-state index contributed by atoms with van der Waals surface area (Å²) in [7, 11) is -2.72. The Morgan fingerprint density at radius 2 is 0.927 bits per heavy atom. The summed E-state index contributed by atoms with van der Waals surface area (Å²) in [6.45, 7) is 35.7. The van der Waals surface area contributed by atoms with Gasteiger partial charge in [-0.05, 0) is 118 Å². The molecule has 0 spiro atoms. The highest BCUT2D eigenvalue weighted by atomic mass is 32.2. The minimum absolute atomic E-state index is 0.0462. The number of sulfone groups is 1. The average Bonchev–Trinajstić information content (AvgIpc) is 3.03. The number of ketones is 2. The van der Waals surface area contributed by atoms with Crippen LogP contribution in [0.3, 0.4) is 0 Å². The molecule has 2 aromatic rings. The molecule has 4 atom stereocenters. The van der Waals surface area contributed by atoms with Crippen LogP contribution in [0.5, 0.6) is 0 Å². The Morgan fingerprint density at radius 1 is 0.527 bits per heavy atom. The summed E-state index contributed by atoms with van der Waals surface area (Å²) in [4.78, 5) is 22.4. The molecule has 0 radical (unpaired) electrons. The number of hydrogen-bond donors (Lipinski definition) is 0. The van der Waals surface area contributed by atoms with E-state index in [-0.39, 0.29) is 41.9 Å². The summed E-state index contributed by atoms with van der Waals surface area (Å²) in [6, 6.07) is 19.8. The van der Waals surface area contributed by atoms with Crippen molar-refractivity contribution in [2.24, 2.45) is 17.8 Å². The Balaban J connectivity index is -0.000000624. The van der Waals surface area contributed by atoms with Crippen LogP contribution in [-0.2, 0) is 38.4 Å². The summed E-state index contributed by atoms with van der Waals surface area (Å²) >= 11 is 0. The third-order valence-corrected chi connectivity index (χ3v) is 8.53. The fraction of sp³-hybridized carbons (Fsp3) is 0.696. The second-order valence-corrected chi connectivity index (χ2v) is 18.5. The van der Waals surface area contributed by atoms with E-state index in [9.17, 15) is 18.0 Å². The predicted molar refractivity (Wildman–Crippen MR) is 232 cm³/mol. The maximum atomic E-state index is 11.4. The van der Waals surface area contributed by atoms with Crippen LogP contribution in [0.2, 0.25) is 0 Å². The molecule has 320 valence electrons. The first-order valence-electron chi connectivity index (χ1n) is 20.1. The van der Waals surface area contributed by atoms with Gasteiger partial charge >= 0.3 is 0 Å². The highest BCUT2D eigenvalue weighted by Crippen LogP contribution is 2.20. The third-order valence-electron chi connectivity index (χ3n) is 7.26. The van der Waals surface area contributed by atoms with Gasteiger partial charge in [-0.1, -0.05) is 102 Å². The number of hydrogen-bond acceptors (Lipinski definition) is 8. The zero-order valence-electron chi connectivity index (χ0n) is 38.2. The van der Waals surface area contributed by atoms with Crippen LogP contribution in [0.1, 0.15) is 154 Å². The van der Waals surface area contributed by atoms with Crippen molar-refractivity contribution < 1.29 is 37.0 Å². The van der Waals surface area contributed by atoms with E-state index < -0.39 is 15.9 Å². The molecule has 0 saturated carbocycles. The molecule has 55 heavy (non-hydrogen) atoms. The van der Waals surface area contributed by atoms with Crippen molar-refractivity contribution in [2.45, 2.75) is 180 Å². The first-order chi connectivity index (χ1) is 25.2. The monoisotopic (exact) mass is 795 g/mol. The van der Waals surface area contributed by atoms with Crippen molar-refractivity contribution >= 4 is 21.4 Å². The van der Waals surface area contributed by atoms with Gasteiger partial charge in [0.25, 0.3) is 0 Å². The molecule has 0 aliphatic heterocycles. The number of ether oxygens (including phenoxy) is 4. The SMILES string of the molecule is CC(=O)[C@@H](OC(C)C)c1ccccc1.CC(=O)[C@H](CC(C)C)OC(C)C.CC(C)CS(C)(=O)=O.CC(C)O[C@@H](C)C(C)C.CC(C)O[C@@H](C)c1ccccc1. The van der Waals surface area contributed by atoms with E-state index in [4.69, 9.17) is 18.9 Å². The van der Waals surface area contributed by atoms with Gasteiger partial charge in [-0.15, -0.1) is 0 Å². The minimum atomic E-state index is -2.72. The van der Waals surface area contributed by atoms with E-state index in [0.29, 0.717) is 35.9 Å². The van der Waals surface area contributed by atoms with Gasteiger partial charge in [0.05, 0.1) is 42.4 Å². The zero-order chi connectivity index (χ0) is 43.5. The van der Waals surface area contributed by atoms with E-state index >= 15 is 0 Å². The number of carbonyl (C=O) groups is 2. The van der Waals surface area contributed by atoms with Crippen molar-refractivity contribution in [1.82, 2.24) is 0 Å². The van der Waals surface area contributed by atoms with Gasteiger partial charge in [0.1, 0.15) is 22.0 Å².